The number of carbonyl (C=O) groups excluding carboxylic acids is 1. The first-order valence-corrected chi connectivity index (χ1v) is 5.29. The summed E-state index contributed by atoms with van der Waals surface area (Å²) in [5.41, 5.74) is -0.342. The van der Waals surface area contributed by atoms with Crippen molar-refractivity contribution in [2.24, 2.45) is 5.41 Å². The summed E-state index contributed by atoms with van der Waals surface area (Å²) in [6.45, 7) is 10.2. The molecular formula is C11H23NO2. The van der Waals surface area contributed by atoms with E-state index in [1.54, 1.807) is 0 Å². The molecule has 0 N–H and O–H groups in total. The molecule has 0 fully saturated rings. The van der Waals surface area contributed by atoms with Crippen LogP contribution in [0.25, 0.3) is 0 Å². The van der Waals surface area contributed by atoms with E-state index in [2.05, 4.69) is 11.8 Å². The molecule has 0 saturated carbocycles. The minimum Gasteiger partial charge on any atom is -0.464 e. The van der Waals surface area contributed by atoms with Crippen LogP contribution in [0.3, 0.4) is 0 Å². The van der Waals surface area contributed by atoms with E-state index in [0.29, 0.717) is 6.61 Å². The molecule has 0 aliphatic rings. The molecule has 3 heteroatoms. The van der Waals surface area contributed by atoms with Crippen molar-refractivity contribution in [3.63, 3.8) is 0 Å². The molecule has 0 aromatic rings. The average molecular weight is 201 g/mol. The monoisotopic (exact) mass is 201 g/mol. The van der Waals surface area contributed by atoms with Gasteiger partial charge in [-0.05, 0) is 33.9 Å². The summed E-state index contributed by atoms with van der Waals surface area (Å²) < 4.78 is 5.19. The Bertz CT molecular complexity index is 178. The normalized spacial score (nSPS) is 11.9. The molecule has 0 unspecified atom stereocenters. The smallest absolute Gasteiger partial charge is 0.311 e. The van der Waals surface area contributed by atoms with Crippen LogP contribution in [0.15, 0.2) is 0 Å². The van der Waals surface area contributed by atoms with Crippen LogP contribution >= 0.6 is 0 Å². The number of hydrogen-bond acceptors (Lipinski definition) is 3. The Labute approximate surface area is 87.4 Å². The maximum absolute atomic E-state index is 11.5. The zero-order valence-electron chi connectivity index (χ0n) is 10.1. The highest BCUT2D eigenvalue weighted by atomic mass is 16.5. The van der Waals surface area contributed by atoms with Crippen LogP contribution < -0.4 is 0 Å². The van der Waals surface area contributed by atoms with Crippen LogP contribution in [0.4, 0.5) is 0 Å². The number of hydrogen-bond donors (Lipinski definition) is 0. The van der Waals surface area contributed by atoms with Gasteiger partial charge in [0.25, 0.3) is 0 Å². The Kier molecular flexibility index (Phi) is 5.77. The molecule has 84 valence electrons. The largest absolute Gasteiger partial charge is 0.464 e. The summed E-state index contributed by atoms with van der Waals surface area (Å²) in [6, 6.07) is 0. The van der Waals surface area contributed by atoms with E-state index < -0.39 is 0 Å². The summed E-state index contributed by atoms with van der Waals surface area (Å²) in [6.07, 6.45) is 0.815. The van der Waals surface area contributed by atoms with Gasteiger partial charge in [0.05, 0.1) is 5.41 Å². The number of ether oxygens (including phenoxy) is 1. The lowest BCUT2D eigenvalue weighted by Crippen LogP contribution is -2.29. The molecule has 3 nitrogen and oxygen atoms in total. The van der Waals surface area contributed by atoms with Gasteiger partial charge in [0.15, 0.2) is 0 Å². The number of rotatable bonds is 6. The van der Waals surface area contributed by atoms with Crippen LogP contribution in [0, 0.1) is 5.41 Å². The van der Waals surface area contributed by atoms with Crippen molar-refractivity contribution in [1.82, 2.24) is 4.90 Å². The van der Waals surface area contributed by atoms with Crippen LogP contribution in [0.5, 0.6) is 0 Å². The van der Waals surface area contributed by atoms with Crippen LogP contribution in [-0.4, -0.2) is 37.6 Å². The van der Waals surface area contributed by atoms with E-state index in [9.17, 15) is 4.79 Å². The van der Waals surface area contributed by atoms with Gasteiger partial charge in [-0.15, -0.1) is 0 Å². The Morgan fingerprint density at radius 2 is 1.93 bits per heavy atom. The minimum atomic E-state index is -0.342. The van der Waals surface area contributed by atoms with Crippen molar-refractivity contribution in [3.05, 3.63) is 0 Å². The molecule has 0 aromatic carbocycles. The molecule has 0 aliphatic heterocycles. The summed E-state index contributed by atoms with van der Waals surface area (Å²) in [4.78, 5) is 13.6. The predicted octanol–water partition coefficient (Wildman–Crippen LogP) is 1.92. The third-order valence-corrected chi connectivity index (χ3v) is 2.68. The average Bonchev–Trinajstić information content (AvgIpc) is 2.17. The molecule has 0 rings (SSSR count). The highest BCUT2D eigenvalue weighted by molar-refractivity contribution is 5.75. The number of likely N-dealkylation sites (N-methyl/N-ethyl adjacent to an activating group) is 1. The first kappa shape index (κ1) is 13.4. The molecule has 0 amide bonds. The topological polar surface area (TPSA) is 29.5 Å². The zero-order chi connectivity index (χ0) is 11.2. The number of nitrogens with zero attached hydrogens (tertiary/aromatic N) is 1. The molecular weight excluding hydrogens is 178 g/mol. The van der Waals surface area contributed by atoms with Crippen molar-refractivity contribution in [2.75, 3.05) is 26.7 Å². The van der Waals surface area contributed by atoms with Crippen molar-refractivity contribution in [1.29, 1.82) is 0 Å². The fourth-order valence-electron chi connectivity index (χ4n) is 0.792. The second kappa shape index (κ2) is 6.02. The second-order valence-electron chi connectivity index (χ2n) is 4.27. The Balaban J connectivity index is 3.75. The SMILES string of the molecule is CCN(C)CCOC(=O)C(C)(C)CC. The third-order valence-electron chi connectivity index (χ3n) is 2.68. The second-order valence-corrected chi connectivity index (χ2v) is 4.27. The van der Waals surface area contributed by atoms with E-state index in [-0.39, 0.29) is 11.4 Å². The van der Waals surface area contributed by atoms with Crippen LogP contribution in [-0.2, 0) is 9.53 Å². The molecule has 0 spiro atoms. The van der Waals surface area contributed by atoms with Gasteiger partial charge in [-0.2, -0.15) is 0 Å². The zero-order valence-corrected chi connectivity index (χ0v) is 10.1. The van der Waals surface area contributed by atoms with Crippen molar-refractivity contribution >= 4 is 5.97 Å². The van der Waals surface area contributed by atoms with Gasteiger partial charge in [-0.25, -0.2) is 0 Å². The lowest BCUT2D eigenvalue weighted by atomic mass is 9.91. The first-order valence-electron chi connectivity index (χ1n) is 5.29. The lowest BCUT2D eigenvalue weighted by Gasteiger charge is -2.21. The van der Waals surface area contributed by atoms with Crippen LogP contribution in [0.2, 0.25) is 0 Å². The van der Waals surface area contributed by atoms with Crippen molar-refractivity contribution in [3.8, 4) is 0 Å². The maximum Gasteiger partial charge on any atom is 0.311 e. The Morgan fingerprint density at radius 1 is 1.36 bits per heavy atom. The van der Waals surface area contributed by atoms with E-state index in [1.165, 1.54) is 0 Å². The van der Waals surface area contributed by atoms with Gasteiger partial charge in [0.1, 0.15) is 6.61 Å². The molecule has 0 heterocycles. The number of esters is 1. The molecule has 0 bridgehead atoms. The summed E-state index contributed by atoms with van der Waals surface area (Å²) in [7, 11) is 2.01. The highest BCUT2D eigenvalue weighted by Crippen LogP contribution is 2.21. The fraction of sp³-hybridized carbons (Fsp3) is 0.909. The van der Waals surface area contributed by atoms with E-state index in [0.717, 1.165) is 19.5 Å². The molecule has 0 aliphatic carbocycles. The molecule has 0 saturated heterocycles. The standard InChI is InChI=1S/C11H23NO2/c1-6-11(3,4)10(13)14-9-8-12(5)7-2/h6-9H2,1-5H3. The Hall–Kier alpha value is -0.570. The van der Waals surface area contributed by atoms with Gasteiger partial charge < -0.3 is 9.64 Å². The molecule has 0 atom stereocenters. The van der Waals surface area contributed by atoms with Crippen molar-refractivity contribution < 1.29 is 9.53 Å². The van der Waals surface area contributed by atoms with Gasteiger partial charge in [-0.3, -0.25) is 4.79 Å². The minimum absolute atomic E-state index is 0.0931. The molecule has 0 radical (unpaired) electrons. The summed E-state index contributed by atoms with van der Waals surface area (Å²) in [5.74, 6) is -0.0931. The fourth-order valence-corrected chi connectivity index (χ4v) is 0.792. The number of carbonyl (C=O) groups is 1. The van der Waals surface area contributed by atoms with Gasteiger partial charge in [0.2, 0.25) is 0 Å². The Morgan fingerprint density at radius 3 is 2.36 bits per heavy atom. The summed E-state index contributed by atoms with van der Waals surface area (Å²) >= 11 is 0. The first-order chi connectivity index (χ1) is 6.44. The van der Waals surface area contributed by atoms with E-state index in [4.69, 9.17) is 4.74 Å². The lowest BCUT2D eigenvalue weighted by molar-refractivity contribution is -0.154. The molecule has 14 heavy (non-hydrogen) atoms. The summed E-state index contributed by atoms with van der Waals surface area (Å²) in [5, 5.41) is 0. The van der Waals surface area contributed by atoms with Crippen LogP contribution in [0.1, 0.15) is 34.1 Å². The van der Waals surface area contributed by atoms with Crippen molar-refractivity contribution in [2.45, 2.75) is 34.1 Å². The predicted molar refractivity (Wildman–Crippen MR) is 58.2 cm³/mol. The molecule has 0 aromatic heterocycles. The van der Waals surface area contributed by atoms with Gasteiger partial charge >= 0.3 is 5.97 Å². The van der Waals surface area contributed by atoms with E-state index in [1.807, 2.05) is 27.8 Å². The van der Waals surface area contributed by atoms with E-state index >= 15 is 0 Å². The van der Waals surface area contributed by atoms with Gasteiger partial charge in [0, 0.05) is 6.54 Å². The highest BCUT2D eigenvalue weighted by Gasteiger charge is 2.26. The van der Waals surface area contributed by atoms with Gasteiger partial charge in [-0.1, -0.05) is 13.8 Å². The quantitative estimate of drug-likeness (QED) is 0.615. The third kappa shape index (κ3) is 4.61. The maximum atomic E-state index is 11.5.